The molecule has 0 heterocycles. The third kappa shape index (κ3) is 9.36. The number of aliphatic imine (C=N–C) groups is 2. The van der Waals surface area contributed by atoms with E-state index in [0.29, 0.717) is 41.6 Å². The van der Waals surface area contributed by atoms with Crippen LogP contribution >= 0.6 is 11.6 Å². The number of aliphatic hydroxyl groups excluding tert-OH is 1. The van der Waals surface area contributed by atoms with Crippen molar-refractivity contribution in [1.82, 2.24) is 15.1 Å². The third-order valence-electron chi connectivity index (χ3n) is 4.83. The van der Waals surface area contributed by atoms with Gasteiger partial charge >= 0.3 is 6.03 Å². The Morgan fingerprint density at radius 1 is 1.19 bits per heavy atom. The van der Waals surface area contributed by atoms with Gasteiger partial charge in [-0.2, -0.15) is 0 Å². The van der Waals surface area contributed by atoms with Crippen molar-refractivity contribution in [3.63, 3.8) is 0 Å². The molecule has 0 spiro atoms. The molecule has 0 atom stereocenters. The zero-order valence-corrected chi connectivity index (χ0v) is 21.1. The largest absolute Gasteiger partial charge is 0.458 e. The lowest BCUT2D eigenvalue weighted by atomic mass is 10.2. The summed E-state index contributed by atoms with van der Waals surface area (Å²) in [4.78, 5) is 35.5. The maximum Gasteiger partial charge on any atom is 0.323 e. The summed E-state index contributed by atoms with van der Waals surface area (Å²) in [5.41, 5.74) is 1.30. The molecule has 2 N–H and O–H groups in total. The number of rotatable bonds is 11. The number of benzene rings is 2. The summed E-state index contributed by atoms with van der Waals surface area (Å²) in [5, 5.41) is 12.4. The van der Waals surface area contributed by atoms with E-state index in [2.05, 4.69) is 22.0 Å². The Morgan fingerprint density at radius 2 is 1.89 bits per heavy atom. The van der Waals surface area contributed by atoms with Gasteiger partial charge in [-0.25, -0.2) is 9.79 Å². The van der Waals surface area contributed by atoms with Gasteiger partial charge in [0, 0.05) is 31.4 Å². The van der Waals surface area contributed by atoms with Gasteiger partial charge in [-0.15, -0.1) is 0 Å². The van der Waals surface area contributed by atoms with E-state index in [9.17, 15) is 9.59 Å². The monoisotopic (exact) mass is 511 g/mol. The fourth-order valence-electron chi connectivity index (χ4n) is 2.77. The van der Waals surface area contributed by atoms with E-state index >= 15 is 0 Å². The Morgan fingerprint density at radius 3 is 2.47 bits per heavy atom. The summed E-state index contributed by atoms with van der Waals surface area (Å²) in [7, 11) is 1.64. The summed E-state index contributed by atoms with van der Waals surface area (Å²) in [6, 6.07) is 13.4. The molecule has 10 heteroatoms. The van der Waals surface area contributed by atoms with Gasteiger partial charge in [-0.1, -0.05) is 23.7 Å². The highest BCUT2D eigenvalue weighted by Crippen LogP contribution is 2.21. The molecule has 0 saturated heterocycles. The second-order valence-corrected chi connectivity index (χ2v) is 7.89. The van der Waals surface area contributed by atoms with Gasteiger partial charge in [-0.3, -0.25) is 20.0 Å². The number of carbonyl (C=O) groups is 2. The molecule has 0 aliphatic heterocycles. The van der Waals surface area contributed by atoms with Crippen LogP contribution in [0.25, 0.3) is 0 Å². The van der Waals surface area contributed by atoms with Crippen LogP contribution in [0.1, 0.15) is 18.9 Å². The quantitative estimate of drug-likeness (QED) is 0.152. The van der Waals surface area contributed by atoms with E-state index in [-0.39, 0.29) is 19.1 Å². The first-order valence-electron chi connectivity index (χ1n) is 11.2. The molecule has 2 aromatic rings. The number of halogens is 1. The maximum absolute atomic E-state index is 12.6. The van der Waals surface area contributed by atoms with Crippen LogP contribution in [0.3, 0.4) is 0 Å². The van der Waals surface area contributed by atoms with Crippen molar-refractivity contribution < 1.29 is 19.4 Å². The molecule has 0 bridgehead atoms. The SMILES string of the molecule is C=N/C=C\C(=C/CCO)Oc1ccc(N=C(NC(=O)N(C)CC)N(C=O)Cc2ccc(Cl)cc2)cc1. The smallest absolute Gasteiger partial charge is 0.323 e. The molecule has 0 fully saturated rings. The van der Waals surface area contributed by atoms with Gasteiger partial charge in [0.05, 0.1) is 12.2 Å². The molecule has 2 aromatic carbocycles. The van der Waals surface area contributed by atoms with Crippen molar-refractivity contribution in [2.24, 2.45) is 9.98 Å². The molecular weight excluding hydrogens is 482 g/mol. The average Bonchev–Trinajstić information content (AvgIpc) is 2.89. The number of carbonyl (C=O) groups excluding carboxylic acids is 2. The van der Waals surface area contributed by atoms with Crippen molar-refractivity contribution in [3.05, 3.63) is 83.2 Å². The van der Waals surface area contributed by atoms with E-state index in [4.69, 9.17) is 21.4 Å². The zero-order chi connectivity index (χ0) is 26.3. The molecular formula is C26H30ClN5O4. The molecule has 3 amide bonds. The van der Waals surface area contributed by atoms with Crippen LogP contribution in [0, 0.1) is 0 Å². The van der Waals surface area contributed by atoms with E-state index < -0.39 is 6.03 Å². The highest BCUT2D eigenvalue weighted by atomic mass is 35.5. The normalized spacial score (nSPS) is 11.8. The van der Waals surface area contributed by atoms with E-state index in [1.807, 2.05) is 6.92 Å². The summed E-state index contributed by atoms with van der Waals surface area (Å²) < 4.78 is 5.82. The first-order valence-corrected chi connectivity index (χ1v) is 11.6. The Bertz CT molecular complexity index is 1100. The van der Waals surface area contributed by atoms with Crippen LogP contribution in [0.2, 0.25) is 5.02 Å². The molecule has 9 nitrogen and oxygen atoms in total. The predicted octanol–water partition coefficient (Wildman–Crippen LogP) is 4.51. The summed E-state index contributed by atoms with van der Waals surface area (Å²) in [6.45, 7) is 5.88. The van der Waals surface area contributed by atoms with E-state index in [1.165, 1.54) is 16.0 Å². The van der Waals surface area contributed by atoms with Crippen molar-refractivity contribution in [3.8, 4) is 5.75 Å². The van der Waals surface area contributed by atoms with Crippen molar-refractivity contribution in [2.45, 2.75) is 19.9 Å². The Labute approximate surface area is 216 Å². The Hall–Kier alpha value is -3.95. The first-order chi connectivity index (χ1) is 17.4. The fraction of sp³-hybridized carbons (Fsp3) is 0.231. The number of aliphatic hydroxyl groups is 1. The number of allylic oxidation sites excluding steroid dienone is 1. The number of hydrogen-bond donors (Lipinski definition) is 2. The summed E-state index contributed by atoms with van der Waals surface area (Å²) >= 11 is 5.96. The Balaban J connectivity index is 2.31. The second kappa shape index (κ2) is 15.1. The molecule has 190 valence electrons. The topological polar surface area (TPSA) is 107 Å². The van der Waals surface area contributed by atoms with Gasteiger partial charge in [0.2, 0.25) is 12.4 Å². The molecule has 0 saturated carbocycles. The van der Waals surface area contributed by atoms with Crippen LogP contribution in [-0.4, -0.2) is 60.2 Å². The minimum absolute atomic E-state index is 0.0131. The number of nitrogens with one attached hydrogen (secondary N) is 1. The molecule has 36 heavy (non-hydrogen) atoms. The molecule has 0 unspecified atom stereocenters. The van der Waals surface area contributed by atoms with E-state index in [0.717, 1.165) is 5.56 Å². The van der Waals surface area contributed by atoms with Gasteiger partial charge < -0.3 is 14.7 Å². The van der Waals surface area contributed by atoms with Crippen molar-refractivity contribution in [1.29, 1.82) is 0 Å². The number of nitrogens with zero attached hydrogens (tertiary/aromatic N) is 4. The number of amides is 3. The lowest BCUT2D eigenvalue weighted by Gasteiger charge is -2.23. The average molecular weight is 512 g/mol. The Kier molecular flexibility index (Phi) is 11.9. The number of hydrogen-bond acceptors (Lipinski definition) is 6. The number of guanidine groups is 1. The minimum Gasteiger partial charge on any atom is -0.458 e. The minimum atomic E-state index is -0.402. The van der Waals surface area contributed by atoms with Crippen LogP contribution in [0.4, 0.5) is 10.5 Å². The zero-order valence-electron chi connectivity index (χ0n) is 20.3. The van der Waals surface area contributed by atoms with Gasteiger partial charge in [0.25, 0.3) is 0 Å². The lowest BCUT2D eigenvalue weighted by Crippen LogP contribution is -2.47. The molecule has 0 aliphatic rings. The lowest BCUT2D eigenvalue weighted by molar-refractivity contribution is -0.115. The van der Waals surface area contributed by atoms with Crippen LogP contribution in [0.5, 0.6) is 5.75 Å². The summed E-state index contributed by atoms with van der Waals surface area (Å²) in [5.74, 6) is 1.09. The number of ether oxygens (including phenoxy) is 1. The summed E-state index contributed by atoms with van der Waals surface area (Å²) in [6.07, 6.45) is 5.87. The number of urea groups is 1. The van der Waals surface area contributed by atoms with Gasteiger partial charge in [0.15, 0.2) is 0 Å². The predicted molar refractivity (Wildman–Crippen MR) is 143 cm³/mol. The van der Waals surface area contributed by atoms with Gasteiger partial charge in [-0.05, 0) is 74.2 Å². The molecule has 0 aliphatic carbocycles. The third-order valence-corrected chi connectivity index (χ3v) is 5.08. The standard InChI is InChI=1S/C26H30ClN5O4/c1-4-31(3)26(35)30-25(32(19-34)18-20-7-9-21(27)10-8-20)29-22-11-13-24(14-12-22)36-23(6-5-17-33)15-16-28-2/h6-16,19,33H,2,4-5,17-18H2,1,3H3,(H,29,30,35)/b16-15-,23-6+. The van der Waals surface area contributed by atoms with Crippen molar-refractivity contribution >= 4 is 42.4 Å². The molecule has 2 rings (SSSR count). The molecule has 0 aromatic heterocycles. The van der Waals surface area contributed by atoms with Crippen LogP contribution < -0.4 is 10.1 Å². The van der Waals surface area contributed by atoms with Crippen LogP contribution in [0.15, 0.2) is 82.6 Å². The van der Waals surface area contributed by atoms with Crippen LogP contribution in [-0.2, 0) is 11.3 Å². The second-order valence-electron chi connectivity index (χ2n) is 7.45. The fourth-order valence-corrected chi connectivity index (χ4v) is 2.90. The van der Waals surface area contributed by atoms with E-state index in [1.54, 1.807) is 67.7 Å². The van der Waals surface area contributed by atoms with Gasteiger partial charge in [0.1, 0.15) is 11.5 Å². The van der Waals surface area contributed by atoms with Crippen molar-refractivity contribution in [2.75, 3.05) is 20.2 Å². The highest BCUT2D eigenvalue weighted by Gasteiger charge is 2.17. The first kappa shape index (κ1) is 28.3. The maximum atomic E-state index is 12.6. The highest BCUT2D eigenvalue weighted by molar-refractivity contribution is 6.30. The molecule has 0 radical (unpaired) electrons.